The Hall–Kier alpha value is -4.18. The molecular formula is C29H32N4O5S. The van der Waals surface area contributed by atoms with Crippen molar-refractivity contribution in [2.75, 3.05) is 22.6 Å². The Labute approximate surface area is 228 Å². The lowest BCUT2D eigenvalue weighted by Crippen LogP contribution is -2.28. The molecule has 0 spiro atoms. The lowest BCUT2D eigenvalue weighted by Gasteiger charge is -2.26. The Morgan fingerprint density at radius 2 is 1.79 bits per heavy atom. The quantitative estimate of drug-likeness (QED) is 0.234. The molecule has 4 aromatic rings. The standard InChI is InChI=1S/C29H32N4O5S/c1-4-17-39(35,36)29-30-18-25(27(32-29)28(34)31-23-14-12-21(3)13-15-23)33(20-24-10-8-16-38-24)19-22-9-6-7-11-26(22)37-5-2/h6-16,18H,4-5,17,19-20H2,1-3H3,(H,31,34). The second-order valence-corrected chi connectivity index (χ2v) is 11.0. The van der Waals surface area contributed by atoms with Crippen LogP contribution >= 0.6 is 0 Å². The van der Waals surface area contributed by atoms with E-state index in [2.05, 4.69) is 15.3 Å². The van der Waals surface area contributed by atoms with Crippen LogP contribution in [0.4, 0.5) is 11.4 Å². The maximum Gasteiger partial charge on any atom is 0.276 e. The number of ether oxygens (including phenoxy) is 1. The molecule has 2 heterocycles. The fourth-order valence-electron chi connectivity index (χ4n) is 4.05. The lowest BCUT2D eigenvalue weighted by atomic mass is 10.1. The number of aryl methyl sites for hydroxylation is 1. The summed E-state index contributed by atoms with van der Waals surface area (Å²) in [6, 6.07) is 18.5. The number of nitrogens with zero attached hydrogens (tertiary/aromatic N) is 3. The van der Waals surface area contributed by atoms with Crippen LogP contribution in [0.3, 0.4) is 0 Å². The third-order valence-corrected chi connectivity index (χ3v) is 7.62. The van der Waals surface area contributed by atoms with E-state index in [1.165, 1.54) is 6.20 Å². The van der Waals surface area contributed by atoms with E-state index < -0.39 is 15.7 Å². The van der Waals surface area contributed by atoms with Gasteiger partial charge in [0.25, 0.3) is 5.91 Å². The molecule has 0 saturated carbocycles. The van der Waals surface area contributed by atoms with Gasteiger partial charge >= 0.3 is 0 Å². The average molecular weight is 549 g/mol. The van der Waals surface area contributed by atoms with Crippen LogP contribution in [-0.2, 0) is 22.9 Å². The molecule has 0 saturated heterocycles. The largest absolute Gasteiger partial charge is 0.494 e. The Bertz CT molecular complexity index is 1500. The number of carbonyl (C=O) groups excluding carboxylic acids is 1. The Morgan fingerprint density at radius 1 is 1.03 bits per heavy atom. The van der Waals surface area contributed by atoms with Gasteiger partial charge in [0.05, 0.1) is 37.1 Å². The zero-order valence-corrected chi connectivity index (χ0v) is 23.1. The van der Waals surface area contributed by atoms with Gasteiger partial charge in [0.2, 0.25) is 15.0 Å². The Balaban J connectivity index is 1.81. The summed E-state index contributed by atoms with van der Waals surface area (Å²) in [5, 5.41) is 2.47. The van der Waals surface area contributed by atoms with Crippen LogP contribution in [0, 0.1) is 6.92 Å². The number of hydrogen-bond donors (Lipinski definition) is 1. The normalized spacial score (nSPS) is 11.3. The van der Waals surface area contributed by atoms with Gasteiger partial charge in [0.15, 0.2) is 5.69 Å². The highest BCUT2D eigenvalue weighted by Gasteiger charge is 2.26. The molecule has 0 fully saturated rings. The van der Waals surface area contributed by atoms with Gasteiger partial charge in [-0.2, -0.15) is 0 Å². The van der Waals surface area contributed by atoms with Crippen molar-refractivity contribution in [3.8, 4) is 5.75 Å². The number of nitrogens with one attached hydrogen (secondary N) is 1. The first kappa shape index (κ1) is 27.8. The van der Waals surface area contributed by atoms with Crippen LogP contribution in [0.2, 0.25) is 0 Å². The number of para-hydroxylation sites is 1. The van der Waals surface area contributed by atoms with Crippen molar-refractivity contribution in [1.29, 1.82) is 0 Å². The number of carbonyl (C=O) groups is 1. The molecule has 2 aromatic carbocycles. The van der Waals surface area contributed by atoms with Gasteiger partial charge < -0.3 is 19.4 Å². The average Bonchev–Trinajstić information content (AvgIpc) is 3.44. The Kier molecular flexibility index (Phi) is 8.98. The van der Waals surface area contributed by atoms with E-state index in [1.807, 2.05) is 61.2 Å². The minimum absolute atomic E-state index is 0.0549. The molecule has 0 aliphatic rings. The van der Waals surface area contributed by atoms with Gasteiger partial charge in [-0.15, -0.1) is 0 Å². The molecule has 2 aromatic heterocycles. The molecule has 0 aliphatic heterocycles. The number of anilines is 2. The zero-order valence-electron chi connectivity index (χ0n) is 22.3. The summed E-state index contributed by atoms with van der Waals surface area (Å²) in [5.41, 5.74) is 2.78. The fraction of sp³-hybridized carbons (Fsp3) is 0.276. The molecule has 1 amide bonds. The summed E-state index contributed by atoms with van der Waals surface area (Å²) in [5.74, 6) is 0.685. The number of benzene rings is 2. The summed E-state index contributed by atoms with van der Waals surface area (Å²) >= 11 is 0. The number of hydrogen-bond acceptors (Lipinski definition) is 8. The predicted octanol–water partition coefficient (Wildman–Crippen LogP) is 5.42. The minimum Gasteiger partial charge on any atom is -0.494 e. The van der Waals surface area contributed by atoms with E-state index in [0.717, 1.165) is 11.1 Å². The van der Waals surface area contributed by atoms with Crippen LogP contribution < -0.4 is 15.0 Å². The van der Waals surface area contributed by atoms with E-state index in [4.69, 9.17) is 9.15 Å². The molecule has 1 N–H and O–H groups in total. The van der Waals surface area contributed by atoms with E-state index in [0.29, 0.717) is 42.5 Å². The van der Waals surface area contributed by atoms with Gasteiger partial charge in [0.1, 0.15) is 11.5 Å². The van der Waals surface area contributed by atoms with Crippen molar-refractivity contribution in [2.45, 2.75) is 45.4 Å². The van der Waals surface area contributed by atoms with E-state index >= 15 is 0 Å². The monoisotopic (exact) mass is 548 g/mol. The van der Waals surface area contributed by atoms with Gasteiger partial charge in [-0.05, 0) is 50.6 Å². The maximum atomic E-state index is 13.6. The molecule has 10 heteroatoms. The predicted molar refractivity (Wildman–Crippen MR) is 150 cm³/mol. The molecule has 0 aliphatic carbocycles. The minimum atomic E-state index is -3.77. The Morgan fingerprint density at radius 3 is 2.49 bits per heavy atom. The molecule has 0 atom stereocenters. The highest BCUT2D eigenvalue weighted by atomic mass is 32.2. The maximum absolute atomic E-state index is 13.6. The summed E-state index contributed by atoms with van der Waals surface area (Å²) in [7, 11) is -3.77. The molecule has 0 radical (unpaired) electrons. The number of aromatic nitrogens is 2. The topological polar surface area (TPSA) is 115 Å². The summed E-state index contributed by atoms with van der Waals surface area (Å²) in [6.45, 7) is 6.72. The summed E-state index contributed by atoms with van der Waals surface area (Å²) in [6.07, 6.45) is 3.37. The molecule has 9 nitrogen and oxygen atoms in total. The molecular weight excluding hydrogens is 516 g/mol. The number of rotatable bonds is 12. The molecule has 0 bridgehead atoms. The molecule has 204 valence electrons. The molecule has 0 unspecified atom stereocenters. The highest BCUT2D eigenvalue weighted by molar-refractivity contribution is 7.91. The number of amides is 1. The van der Waals surface area contributed by atoms with Crippen molar-refractivity contribution in [3.63, 3.8) is 0 Å². The summed E-state index contributed by atoms with van der Waals surface area (Å²) < 4.78 is 37.1. The van der Waals surface area contributed by atoms with Crippen LogP contribution in [0.1, 0.15) is 47.6 Å². The highest BCUT2D eigenvalue weighted by Crippen LogP contribution is 2.28. The second kappa shape index (κ2) is 12.6. The van der Waals surface area contributed by atoms with Crippen LogP contribution in [0.5, 0.6) is 5.75 Å². The van der Waals surface area contributed by atoms with Crippen molar-refractivity contribution >= 4 is 27.1 Å². The van der Waals surface area contributed by atoms with Gasteiger partial charge in [-0.1, -0.05) is 42.8 Å². The van der Waals surface area contributed by atoms with Gasteiger partial charge in [-0.25, -0.2) is 18.4 Å². The number of sulfone groups is 1. The first-order valence-corrected chi connectivity index (χ1v) is 14.4. The number of furan rings is 1. The van der Waals surface area contributed by atoms with Crippen molar-refractivity contribution < 1.29 is 22.4 Å². The molecule has 39 heavy (non-hydrogen) atoms. The van der Waals surface area contributed by atoms with E-state index in [1.54, 1.807) is 31.4 Å². The third kappa shape index (κ3) is 7.02. The SMILES string of the molecule is CCCS(=O)(=O)c1ncc(N(Cc2ccco2)Cc2ccccc2OCC)c(C(=O)Nc2ccc(C)cc2)n1. The second-order valence-electron chi connectivity index (χ2n) is 9.00. The van der Waals surface area contributed by atoms with Crippen molar-refractivity contribution in [3.05, 3.63) is 95.7 Å². The summed E-state index contributed by atoms with van der Waals surface area (Å²) in [4.78, 5) is 24.0. The zero-order chi connectivity index (χ0) is 27.8. The van der Waals surface area contributed by atoms with Gasteiger partial charge in [0, 0.05) is 17.8 Å². The lowest BCUT2D eigenvalue weighted by molar-refractivity contribution is 0.102. The van der Waals surface area contributed by atoms with E-state index in [-0.39, 0.29) is 23.1 Å². The first-order chi connectivity index (χ1) is 18.8. The van der Waals surface area contributed by atoms with Gasteiger partial charge in [-0.3, -0.25) is 4.79 Å². The molecule has 4 rings (SSSR count). The van der Waals surface area contributed by atoms with Crippen LogP contribution in [0.15, 0.2) is 82.7 Å². The van der Waals surface area contributed by atoms with Crippen LogP contribution in [-0.4, -0.2) is 36.7 Å². The first-order valence-electron chi connectivity index (χ1n) is 12.8. The fourth-order valence-corrected chi connectivity index (χ4v) is 5.21. The van der Waals surface area contributed by atoms with Crippen LogP contribution in [0.25, 0.3) is 0 Å². The van der Waals surface area contributed by atoms with Crippen molar-refractivity contribution in [1.82, 2.24) is 9.97 Å². The van der Waals surface area contributed by atoms with Crippen molar-refractivity contribution in [2.24, 2.45) is 0 Å². The smallest absolute Gasteiger partial charge is 0.276 e. The third-order valence-electron chi connectivity index (χ3n) is 5.92. The van der Waals surface area contributed by atoms with E-state index in [9.17, 15) is 13.2 Å².